The van der Waals surface area contributed by atoms with E-state index in [4.69, 9.17) is 23.2 Å². The van der Waals surface area contributed by atoms with Crippen LogP contribution in [0.25, 0.3) is 0 Å². The molecule has 2 aromatic carbocycles. The van der Waals surface area contributed by atoms with E-state index in [0.717, 1.165) is 0 Å². The Morgan fingerprint density at radius 3 is 2.28 bits per heavy atom. The van der Waals surface area contributed by atoms with Crippen molar-refractivity contribution in [2.45, 2.75) is 18.7 Å². The predicted molar refractivity (Wildman–Crippen MR) is 101 cm³/mol. The van der Waals surface area contributed by atoms with Crippen LogP contribution in [0.4, 0.5) is 5.69 Å². The van der Waals surface area contributed by atoms with Gasteiger partial charge in [-0.3, -0.25) is 4.79 Å². The quantitative estimate of drug-likeness (QED) is 0.786. The Bertz CT molecular complexity index is 881. The largest absolute Gasteiger partial charge is 0.321 e. The smallest absolute Gasteiger partial charge is 0.257 e. The fraction of sp³-hybridized carbons (Fsp3) is 0.235. The number of nitrogens with zero attached hydrogens (tertiary/aromatic N) is 1. The maximum Gasteiger partial charge on any atom is 0.257 e. The first-order valence-corrected chi connectivity index (χ1v) is 9.86. The maximum atomic E-state index is 12.6. The van der Waals surface area contributed by atoms with Crippen molar-refractivity contribution in [1.82, 2.24) is 4.31 Å². The zero-order valence-corrected chi connectivity index (χ0v) is 16.1. The summed E-state index contributed by atoms with van der Waals surface area (Å²) in [5.41, 5.74) is 0.483. The van der Waals surface area contributed by atoms with Gasteiger partial charge in [0.2, 0.25) is 10.0 Å². The van der Waals surface area contributed by atoms with Gasteiger partial charge < -0.3 is 5.32 Å². The van der Waals surface area contributed by atoms with E-state index in [-0.39, 0.29) is 21.2 Å². The fourth-order valence-electron chi connectivity index (χ4n) is 2.31. The molecule has 0 saturated heterocycles. The number of sulfonamides is 1. The highest BCUT2D eigenvalue weighted by Crippen LogP contribution is 2.28. The average Bonchev–Trinajstić information content (AvgIpc) is 2.57. The topological polar surface area (TPSA) is 66.5 Å². The fourth-order valence-corrected chi connectivity index (χ4v) is 4.18. The highest BCUT2D eigenvalue weighted by molar-refractivity contribution is 7.89. The van der Waals surface area contributed by atoms with Crippen LogP contribution in [-0.2, 0) is 10.0 Å². The van der Waals surface area contributed by atoms with Crippen LogP contribution >= 0.6 is 23.2 Å². The van der Waals surface area contributed by atoms with Gasteiger partial charge >= 0.3 is 0 Å². The highest BCUT2D eigenvalue weighted by atomic mass is 35.5. The monoisotopic (exact) mass is 400 g/mol. The molecule has 8 heteroatoms. The lowest BCUT2D eigenvalue weighted by atomic mass is 10.2. The molecule has 0 atom stereocenters. The second-order valence-corrected chi connectivity index (χ2v) is 7.92. The number of benzene rings is 2. The summed E-state index contributed by atoms with van der Waals surface area (Å²) < 4.78 is 26.6. The van der Waals surface area contributed by atoms with Crippen molar-refractivity contribution in [3.05, 3.63) is 58.1 Å². The molecule has 0 aliphatic heterocycles. The highest BCUT2D eigenvalue weighted by Gasteiger charge is 2.23. The van der Waals surface area contributed by atoms with Gasteiger partial charge in [-0.25, -0.2) is 8.42 Å². The maximum absolute atomic E-state index is 12.6. The van der Waals surface area contributed by atoms with Gasteiger partial charge in [0.15, 0.2) is 0 Å². The van der Waals surface area contributed by atoms with Crippen LogP contribution in [0.5, 0.6) is 0 Å². The molecule has 0 radical (unpaired) electrons. The third-order valence-corrected chi connectivity index (χ3v) is 6.35. The molecule has 2 aromatic rings. The Kier molecular flexibility index (Phi) is 6.46. The molecule has 0 fully saturated rings. The third kappa shape index (κ3) is 4.33. The van der Waals surface area contributed by atoms with Crippen molar-refractivity contribution in [1.29, 1.82) is 0 Å². The van der Waals surface area contributed by atoms with Gasteiger partial charge in [0, 0.05) is 13.1 Å². The second kappa shape index (κ2) is 8.19. The van der Waals surface area contributed by atoms with Crippen molar-refractivity contribution in [3.8, 4) is 0 Å². The Morgan fingerprint density at radius 2 is 1.68 bits per heavy atom. The van der Waals surface area contributed by atoms with Gasteiger partial charge in [-0.2, -0.15) is 4.31 Å². The van der Waals surface area contributed by atoms with Crippen LogP contribution in [0.15, 0.2) is 47.4 Å². The molecule has 0 bridgehead atoms. The lowest BCUT2D eigenvalue weighted by molar-refractivity contribution is 0.102. The van der Waals surface area contributed by atoms with Crippen molar-refractivity contribution in [2.24, 2.45) is 0 Å². The minimum Gasteiger partial charge on any atom is -0.321 e. The standard InChI is InChI=1S/C17H18Cl2N2O3S/c1-3-21(4-2)25(23,24)12-9-10-15(19)16(11-12)20-17(22)13-7-5-6-8-14(13)18/h5-11H,3-4H2,1-2H3,(H,20,22). The van der Waals surface area contributed by atoms with Crippen LogP contribution in [0.3, 0.4) is 0 Å². The molecule has 0 spiro atoms. The minimum atomic E-state index is -3.65. The number of carbonyl (C=O) groups excluding carboxylic acids is 1. The first-order valence-electron chi connectivity index (χ1n) is 7.66. The van der Waals surface area contributed by atoms with Crippen molar-refractivity contribution < 1.29 is 13.2 Å². The Balaban J connectivity index is 2.37. The Labute approximate surface area is 157 Å². The van der Waals surface area contributed by atoms with E-state index in [0.29, 0.717) is 18.1 Å². The first kappa shape index (κ1) is 19.7. The zero-order valence-electron chi connectivity index (χ0n) is 13.8. The van der Waals surface area contributed by atoms with Crippen LogP contribution in [-0.4, -0.2) is 31.7 Å². The average molecular weight is 401 g/mol. The van der Waals surface area contributed by atoms with Crippen molar-refractivity contribution >= 4 is 44.8 Å². The van der Waals surface area contributed by atoms with E-state index in [2.05, 4.69) is 5.32 Å². The van der Waals surface area contributed by atoms with E-state index < -0.39 is 15.9 Å². The Morgan fingerprint density at radius 1 is 1.04 bits per heavy atom. The van der Waals surface area contributed by atoms with Crippen LogP contribution < -0.4 is 5.32 Å². The van der Waals surface area contributed by atoms with Gasteiger partial charge in [-0.15, -0.1) is 0 Å². The summed E-state index contributed by atoms with van der Waals surface area (Å²) >= 11 is 12.1. The number of anilines is 1. The van der Waals surface area contributed by atoms with Crippen LogP contribution in [0.1, 0.15) is 24.2 Å². The summed E-state index contributed by atoms with van der Waals surface area (Å²) in [6.45, 7) is 4.22. The Hall–Kier alpha value is -1.60. The number of hydrogen-bond acceptors (Lipinski definition) is 3. The lowest BCUT2D eigenvalue weighted by Gasteiger charge is -2.19. The van der Waals surface area contributed by atoms with E-state index in [1.165, 1.54) is 22.5 Å². The molecule has 0 heterocycles. The number of carbonyl (C=O) groups is 1. The molecule has 1 N–H and O–H groups in total. The molecular weight excluding hydrogens is 383 g/mol. The van der Waals surface area contributed by atoms with E-state index >= 15 is 0 Å². The molecule has 0 saturated carbocycles. The van der Waals surface area contributed by atoms with Crippen LogP contribution in [0.2, 0.25) is 10.0 Å². The van der Waals surface area contributed by atoms with Gasteiger partial charge in [0.25, 0.3) is 5.91 Å². The molecule has 134 valence electrons. The molecule has 0 aliphatic rings. The predicted octanol–water partition coefficient (Wildman–Crippen LogP) is 4.28. The summed E-state index contributed by atoms with van der Waals surface area (Å²) in [6.07, 6.45) is 0. The second-order valence-electron chi connectivity index (χ2n) is 5.16. The number of halogens is 2. The SMILES string of the molecule is CCN(CC)S(=O)(=O)c1ccc(Cl)c(NC(=O)c2ccccc2Cl)c1. The number of hydrogen-bond donors (Lipinski definition) is 1. The van der Waals surface area contributed by atoms with Gasteiger partial charge in [0.1, 0.15) is 0 Å². The normalized spacial score (nSPS) is 11.6. The van der Waals surface area contributed by atoms with Gasteiger partial charge in [-0.05, 0) is 30.3 Å². The van der Waals surface area contributed by atoms with Crippen molar-refractivity contribution in [2.75, 3.05) is 18.4 Å². The number of nitrogens with one attached hydrogen (secondary N) is 1. The van der Waals surface area contributed by atoms with E-state index in [1.54, 1.807) is 38.1 Å². The van der Waals surface area contributed by atoms with E-state index in [1.807, 2.05) is 0 Å². The molecule has 2 rings (SSSR count). The van der Waals surface area contributed by atoms with E-state index in [9.17, 15) is 13.2 Å². The van der Waals surface area contributed by atoms with Gasteiger partial charge in [-0.1, -0.05) is 49.2 Å². The summed E-state index contributed by atoms with van der Waals surface area (Å²) in [6, 6.07) is 10.8. The minimum absolute atomic E-state index is 0.0649. The molecule has 0 unspecified atom stereocenters. The number of rotatable bonds is 6. The third-order valence-electron chi connectivity index (χ3n) is 3.65. The molecule has 0 aromatic heterocycles. The summed E-state index contributed by atoms with van der Waals surface area (Å²) in [5, 5.41) is 3.15. The van der Waals surface area contributed by atoms with Gasteiger partial charge in [0.05, 0.1) is 26.2 Å². The number of amides is 1. The molecular formula is C17H18Cl2N2O3S. The zero-order chi connectivity index (χ0) is 18.6. The van der Waals surface area contributed by atoms with Crippen molar-refractivity contribution in [3.63, 3.8) is 0 Å². The summed E-state index contributed by atoms with van der Waals surface area (Å²) in [5.74, 6) is -0.468. The molecule has 1 amide bonds. The molecule has 0 aliphatic carbocycles. The van der Waals surface area contributed by atoms with Crippen LogP contribution in [0, 0.1) is 0 Å². The molecule has 25 heavy (non-hydrogen) atoms. The first-order chi connectivity index (χ1) is 11.8. The summed E-state index contributed by atoms with van der Waals surface area (Å²) in [7, 11) is -3.65. The molecule has 5 nitrogen and oxygen atoms in total. The summed E-state index contributed by atoms with van der Waals surface area (Å²) in [4.78, 5) is 12.4. The lowest BCUT2D eigenvalue weighted by Crippen LogP contribution is -2.30.